The first-order valence-electron chi connectivity index (χ1n) is 10.5. The molecule has 1 heterocycles. The Morgan fingerprint density at radius 2 is 1.90 bits per heavy atom. The Balaban J connectivity index is 1.89. The van der Waals surface area contributed by atoms with E-state index < -0.39 is 5.54 Å². The predicted octanol–water partition coefficient (Wildman–Crippen LogP) is 2.81. The van der Waals surface area contributed by atoms with Crippen molar-refractivity contribution in [2.24, 2.45) is 5.92 Å². The molecule has 1 aliphatic heterocycles. The van der Waals surface area contributed by atoms with Crippen LogP contribution in [0.3, 0.4) is 0 Å². The van der Waals surface area contributed by atoms with Gasteiger partial charge in [-0.2, -0.15) is 0 Å². The average Bonchev–Trinajstić information content (AvgIpc) is 3.12. The van der Waals surface area contributed by atoms with E-state index >= 15 is 0 Å². The van der Waals surface area contributed by atoms with Crippen molar-refractivity contribution in [1.82, 2.24) is 4.90 Å². The molecule has 7 nitrogen and oxygen atoms in total. The Kier molecular flexibility index (Phi) is 6.57. The zero-order valence-corrected chi connectivity index (χ0v) is 17.6. The Hall–Kier alpha value is -2.41. The number of carbonyl (C=O) groups excluding carboxylic acids is 3. The fourth-order valence-electron chi connectivity index (χ4n) is 4.48. The van der Waals surface area contributed by atoms with Gasteiger partial charge < -0.3 is 10.1 Å². The number of benzene rings is 1. The summed E-state index contributed by atoms with van der Waals surface area (Å²) in [5.41, 5.74) is 0.558. The molecule has 2 amide bonds. The first-order valence-corrected chi connectivity index (χ1v) is 10.5. The summed E-state index contributed by atoms with van der Waals surface area (Å²) in [5.74, 6) is -0.315. The minimum Gasteiger partial charge on any atom is -0.465 e. The molecule has 1 fully saturated rings. The van der Waals surface area contributed by atoms with Gasteiger partial charge in [-0.05, 0) is 37.8 Å². The molecular formula is C22H31N3O4. The third-order valence-corrected chi connectivity index (χ3v) is 5.56. The molecule has 0 radical (unpaired) electrons. The van der Waals surface area contributed by atoms with Crippen LogP contribution in [-0.2, 0) is 19.1 Å². The SMILES string of the molecule is CCOC(=O)CN(CC(=O)N1c2ccccc2NC(=O)C12CCCC2)CC(C)C. The molecule has 3 rings (SSSR count). The van der Waals surface area contributed by atoms with E-state index in [-0.39, 0.29) is 36.8 Å². The number of rotatable bonds is 7. The molecule has 1 aromatic rings. The molecule has 1 N–H and O–H groups in total. The van der Waals surface area contributed by atoms with Crippen molar-refractivity contribution in [2.75, 3.05) is 36.5 Å². The number of hydrogen-bond donors (Lipinski definition) is 1. The van der Waals surface area contributed by atoms with E-state index in [0.29, 0.717) is 31.7 Å². The molecule has 1 saturated carbocycles. The summed E-state index contributed by atoms with van der Waals surface area (Å²) in [6.07, 6.45) is 3.14. The second-order valence-electron chi connectivity index (χ2n) is 8.31. The van der Waals surface area contributed by atoms with E-state index in [1.807, 2.05) is 43.0 Å². The maximum Gasteiger partial charge on any atom is 0.320 e. The number of fused-ring (bicyclic) bond motifs is 1. The van der Waals surface area contributed by atoms with E-state index in [9.17, 15) is 14.4 Å². The Labute approximate surface area is 172 Å². The van der Waals surface area contributed by atoms with Gasteiger partial charge in [0.15, 0.2) is 0 Å². The van der Waals surface area contributed by atoms with Gasteiger partial charge in [0.05, 0.1) is 31.1 Å². The van der Waals surface area contributed by atoms with Gasteiger partial charge in [0, 0.05) is 6.54 Å². The van der Waals surface area contributed by atoms with Crippen molar-refractivity contribution in [3.8, 4) is 0 Å². The van der Waals surface area contributed by atoms with E-state index in [0.717, 1.165) is 18.5 Å². The number of ether oxygens (including phenoxy) is 1. The van der Waals surface area contributed by atoms with Crippen molar-refractivity contribution < 1.29 is 19.1 Å². The predicted molar refractivity (Wildman–Crippen MR) is 112 cm³/mol. The van der Waals surface area contributed by atoms with Crippen LogP contribution in [0, 0.1) is 5.92 Å². The van der Waals surface area contributed by atoms with Gasteiger partial charge in [-0.25, -0.2) is 0 Å². The minimum absolute atomic E-state index is 0.0619. The van der Waals surface area contributed by atoms with Crippen LogP contribution in [0.25, 0.3) is 0 Å². The molecule has 0 atom stereocenters. The smallest absolute Gasteiger partial charge is 0.320 e. The fourth-order valence-corrected chi connectivity index (χ4v) is 4.48. The van der Waals surface area contributed by atoms with Crippen molar-refractivity contribution in [2.45, 2.75) is 52.0 Å². The molecule has 2 aliphatic rings. The largest absolute Gasteiger partial charge is 0.465 e. The molecule has 29 heavy (non-hydrogen) atoms. The second kappa shape index (κ2) is 8.95. The summed E-state index contributed by atoms with van der Waals surface area (Å²) < 4.78 is 5.08. The standard InChI is InChI=1S/C22H31N3O4/c1-4-29-20(27)15-24(13-16(2)3)14-19(26)25-18-10-6-5-9-17(18)23-21(28)22(25)11-7-8-12-22/h5-6,9-10,16H,4,7-8,11-15H2,1-3H3,(H,23,28). The lowest BCUT2D eigenvalue weighted by Crippen LogP contribution is -2.62. The van der Waals surface area contributed by atoms with Crippen molar-refractivity contribution in [3.05, 3.63) is 24.3 Å². The van der Waals surface area contributed by atoms with Gasteiger partial charge in [-0.15, -0.1) is 0 Å². The van der Waals surface area contributed by atoms with Crippen molar-refractivity contribution in [3.63, 3.8) is 0 Å². The highest BCUT2D eigenvalue weighted by molar-refractivity contribution is 6.15. The molecule has 7 heteroatoms. The van der Waals surface area contributed by atoms with E-state index in [4.69, 9.17) is 4.74 Å². The van der Waals surface area contributed by atoms with Crippen LogP contribution in [-0.4, -0.2) is 54.5 Å². The zero-order valence-electron chi connectivity index (χ0n) is 17.6. The number of para-hydroxylation sites is 2. The Morgan fingerprint density at radius 3 is 2.55 bits per heavy atom. The molecule has 1 aliphatic carbocycles. The monoisotopic (exact) mass is 401 g/mol. The van der Waals surface area contributed by atoms with Gasteiger partial charge in [0.1, 0.15) is 5.54 Å². The van der Waals surface area contributed by atoms with Crippen molar-refractivity contribution >= 4 is 29.2 Å². The molecule has 158 valence electrons. The van der Waals surface area contributed by atoms with Crippen LogP contribution < -0.4 is 10.2 Å². The molecule has 0 bridgehead atoms. The number of amides is 2. The molecule has 0 saturated heterocycles. The maximum atomic E-state index is 13.6. The number of hydrogen-bond acceptors (Lipinski definition) is 5. The highest BCUT2D eigenvalue weighted by Crippen LogP contribution is 2.45. The quantitative estimate of drug-likeness (QED) is 0.711. The van der Waals surface area contributed by atoms with Crippen LogP contribution in [0.1, 0.15) is 46.5 Å². The fraction of sp³-hybridized carbons (Fsp3) is 0.591. The lowest BCUT2D eigenvalue weighted by atomic mass is 9.89. The summed E-state index contributed by atoms with van der Waals surface area (Å²) in [7, 11) is 0. The maximum absolute atomic E-state index is 13.6. The van der Waals surface area contributed by atoms with Crippen LogP contribution in [0.5, 0.6) is 0 Å². The molecular weight excluding hydrogens is 370 g/mol. The number of anilines is 2. The van der Waals surface area contributed by atoms with E-state index in [1.54, 1.807) is 11.8 Å². The second-order valence-corrected chi connectivity index (χ2v) is 8.31. The van der Waals surface area contributed by atoms with Gasteiger partial charge in [0.25, 0.3) is 5.91 Å². The number of nitrogens with one attached hydrogen (secondary N) is 1. The summed E-state index contributed by atoms with van der Waals surface area (Å²) in [6.45, 7) is 6.90. The van der Waals surface area contributed by atoms with Crippen molar-refractivity contribution in [1.29, 1.82) is 0 Å². The van der Waals surface area contributed by atoms with Crippen LogP contribution >= 0.6 is 0 Å². The Morgan fingerprint density at radius 1 is 1.21 bits per heavy atom. The summed E-state index contributed by atoms with van der Waals surface area (Å²) >= 11 is 0. The van der Waals surface area contributed by atoms with Crippen LogP contribution in [0.4, 0.5) is 11.4 Å². The van der Waals surface area contributed by atoms with Crippen LogP contribution in [0.15, 0.2) is 24.3 Å². The minimum atomic E-state index is -0.834. The number of carbonyl (C=O) groups is 3. The van der Waals surface area contributed by atoms with E-state index in [2.05, 4.69) is 5.32 Å². The highest BCUT2D eigenvalue weighted by atomic mass is 16.5. The first-order chi connectivity index (χ1) is 13.9. The van der Waals surface area contributed by atoms with Gasteiger partial charge >= 0.3 is 5.97 Å². The van der Waals surface area contributed by atoms with Gasteiger partial charge in [-0.1, -0.05) is 38.8 Å². The molecule has 1 spiro atoms. The normalized spacial score (nSPS) is 17.6. The third-order valence-electron chi connectivity index (χ3n) is 5.56. The highest BCUT2D eigenvalue weighted by Gasteiger charge is 2.52. The topological polar surface area (TPSA) is 79.0 Å². The third kappa shape index (κ3) is 4.45. The lowest BCUT2D eigenvalue weighted by molar-refractivity contribution is -0.145. The summed E-state index contributed by atoms with van der Waals surface area (Å²) in [6, 6.07) is 7.43. The lowest BCUT2D eigenvalue weighted by Gasteiger charge is -2.45. The van der Waals surface area contributed by atoms with Gasteiger partial charge in [0.2, 0.25) is 5.91 Å². The Bertz CT molecular complexity index is 771. The molecule has 0 unspecified atom stereocenters. The van der Waals surface area contributed by atoms with Gasteiger partial charge in [-0.3, -0.25) is 24.2 Å². The summed E-state index contributed by atoms with van der Waals surface area (Å²) in [5, 5.41) is 2.99. The summed E-state index contributed by atoms with van der Waals surface area (Å²) in [4.78, 5) is 42.1. The van der Waals surface area contributed by atoms with E-state index in [1.165, 1.54) is 0 Å². The number of nitrogens with zero attached hydrogens (tertiary/aromatic N) is 2. The zero-order chi connectivity index (χ0) is 21.0. The number of esters is 1. The molecule has 1 aromatic carbocycles. The van der Waals surface area contributed by atoms with Crippen LogP contribution in [0.2, 0.25) is 0 Å². The first kappa shape index (κ1) is 21.3. The molecule has 0 aromatic heterocycles. The average molecular weight is 402 g/mol.